The van der Waals surface area contributed by atoms with Gasteiger partial charge in [0.15, 0.2) is 0 Å². The van der Waals surface area contributed by atoms with E-state index < -0.39 is 10.8 Å². The molecule has 6 heteroatoms. The van der Waals surface area contributed by atoms with Gasteiger partial charge in [0.1, 0.15) is 6.17 Å². The van der Waals surface area contributed by atoms with E-state index in [1.807, 2.05) is 36.3 Å². The second-order valence-electron chi connectivity index (χ2n) is 4.85. The SMILES string of the molecule is CCC1NC(c2cccs2)N(CC(C)S(C)=O)C1=O. The van der Waals surface area contributed by atoms with Crippen molar-refractivity contribution in [1.29, 1.82) is 0 Å². The van der Waals surface area contributed by atoms with Crippen molar-refractivity contribution in [3.63, 3.8) is 0 Å². The van der Waals surface area contributed by atoms with E-state index in [0.29, 0.717) is 6.54 Å². The molecule has 4 nitrogen and oxygen atoms in total. The summed E-state index contributed by atoms with van der Waals surface area (Å²) in [6.07, 6.45) is 2.40. The maximum atomic E-state index is 12.4. The fraction of sp³-hybridized carbons (Fsp3) is 0.615. The van der Waals surface area contributed by atoms with Gasteiger partial charge < -0.3 is 4.90 Å². The Bertz CT molecular complexity index is 461. The fourth-order valence-corrected chi connectivity index (χ4v) is 3.40. The zero-order chi connectivity index (χ0) is 14.0. The molecule has 0 bridgehead atoms. The molecule has 1 saturated heterocycles. The van der Waals surface area contributed by atoms with Crippen LogP contribution in [0.1, 0.15) is 31.3 Å². The highest BCUT2D eigenvalue weighted by Gasteiger charge is 2.39. The first-order chi connectivity index (χ1) is 9.04. The molecule has 2 heterocycles. The first-order valence-electron chi connectivity index (χ1n) is 6.46. The second-order valence-corrected chi connectivity index (χ2v) is 7.63. The van der Waals surface area contributed by atoms with E-state index in [9.17, 15) is 9.00 Å². The van der Waals surface area contributed by atoms with Gasteiger partial charge in [0.05, 0.1) is 6.04 Å². The molecule has 1 aromatic heterocycles. The van der Waals surface area contributed by atoms with E-state index in [4.69, 9.17) is 0 Å². The van der Waals surface area contributed by atoms with Gasteiger partial charge in [-0.25, -0.2) is 0 Å². The highest BCUT2D eigenvalue weighted by Crippen LogP contribution is 2.29. The van der Waals surface area contributed by atoms with E-state index in [2.05, 4.69) is 5.32 Å². The average molecular weight is 300 g/mol. The van der Waals surface area contributed by atoms with Crippen LogP contribution in [0.2, 0.25) is 0 Å². The first kappa shape index (κ1) is 14.7. The van der Waals surface area contributed by atoms with Gasteiger partial charge in [-0.3, -0.25) is 14.3 Å². The van der Waals surface area contributed by atoms with Crippen molar-refractivity contribution in [3.8, 4) is 0 Å². The van der Waals surface area contributed by atoms with Gasteiger partial charge >= 0.3 is 0 Å². The minimum Gasteiger partial charge on any atom is -0.320 e. The van der Waals surface area contributed by atoms with Gasteiger partial charge in [-0.05, 0) is 24.8 Å². The normalized spacial score (nSPS) is 26.7. The third kappa shape index (κ3) is 3.07. The smallest absolute Gasteiger partial charge is 0.241 e. The summed E-state index contributed by atoms with van der Waals surface area (Å²) in [5, 5.41) is 5.38. The molecule has 4 unspecified atom stereocenters. The van der Waals surface area contributed by atoms with Crippen LogP contribution in [0.25, 0.3) is 0 Å². The summed E-state index contributed by atoms with van der Waals surface area (Å²) in [4.78, 5) is 15.3. The van der Waals surface area contributed by atoms with E-state index in [0.717, 1.165) is 11.3 Å². The molecular formula is C13H20N2O2S2. The molecule has 0 aromatic carbocycles. The lowest BCUT2D eigenvalue weighted by atomic mass is 10.2. The van der Waals surface area contributed by atoms with Crippen molar-refractivity contribution in [3.05, 3.63) is 22.4 Å². The Morgan fingerprint density at radius 3 is 2.84 bits per heavy atom. The Morgan fingerprint density at radius 1 is 1.58 bits per heavy atom. The summed E-state index contributed by atoms with van der Waals surface area (Å²) in [6.45, 7) is 4.47. The maximum Gasteiger partial charge on any atom is 0.241 e. The van der Waals surface area contributed by atoms with E-state index in [1.165, 1.54) is 0 Å². The lowest BCUT2D eigenvalue weighted by molar-refractivity contribution is -0.130. The lowest BCUT2D eigenvalue weighted by Gasteiger charge is -2.25. The van der Waals surface area contributed by atoms with Crippen LogP contribution in [0.3, 0.4) is 0 Å². The molecule has 1 fully saturated rings. The molecule has 1 aliphatic heterocycles. The Balaban J connectivity index is 2.20. The molecule has 1 aliphatic rings. The van der Waals surface area contributed by atoms with Crippen LogP contribution >= 0.6 is 11.3 Å². The predicted molar refractivity (Wildman–Crippen MR) is 79.5 cm³/mol. The molecule has 0 spiro atoms. The lowest BCUT2D eigenvalue weighted by Crippen LogP contribution is -2.37. The van der Waals surface area contributed by atoms with Crippen LogP contribution in [0, 0.1) is 0 Å². The number of rotatable bonds is 5. The van der Waals surface area contributed by atoms with Crippen molar-refractivity contribution in [2.45, 2.75) is 37.7 Å². The zero-order valence-electron chi connectivity index (χ0n) is 11.5. The molecule has 0 radical (unpaired) electrons. The van der Waals surface area contributed by atoms with Crippen molar-refractivity contribution in [1.82, 2.24) is 10.2 Å². The summed E-state index contributed by atoms with van der Waals surface area (Å²) in [5.41, 5.74) is 0. The number of nitrogens with zero attached hydrogens (tertiary/aromatic N) is 1. The molecule has 106 valence electrons. The highest BCUT2D eigenvalue weighted by molar-refractivity contribution is 7.84. The quantitative estimate of drug-likeness (QED) is 0.901. The van der Waals surface area contributed by atoms with E-state index in [-0.39, 0.29) is 23.4 Å². The molecule has 0 aliphatic carbocycles. The van der Waals surface area contributed by atoms with Crippen LogP contribution in [0.4, 0.5) is 0 Å². The minimum atomic E-state index is -0.914. The van der Waals surface area contributed by atoms with Gasteiger partial charge in [0, 0.05) is 33.7 Å². The van der Waals surface area contributed by atoms with E-state index >= 15 is 0 Å². The number of hydrogen-bond acceptors (Lipinski definition) is 4. The maximum absolute atomic E-state index is 12.4. The average Bonchev–Trinajstić information content (AvgIpc) is 2.99. The Hall–Kier alpha value is -0.720. The zero-order valence-corrected chi connectivity index (χ0v) is 13.1. The van der Waals surface area contributed by atoms with Gasteiger partial charge in [-0.2, -0.15) is 0 Å². The minimum absolute atomic E-state index is 0.0104. The summed E-state index contributed by atoms with van der Waals surface area (Å²) >= 11 is 1.64. The standard InChI is InChI=1S/C13H20N2O2S2/c1-4-10-13(16)15(8-9(2)19(3)17)12(14-10)11-6-5-7-18-11/h5-7,9-10,12,14H,4,8H2,1-3H3. The van der Waals surface area contributed by atoms with Crippen molar-refractivity contribution < 1.29 is 9.00 Å². The van der Waals surface area contributed by atoms with Gasteiger partial charge in [-0.1, -0.05) is 13.0 Å². The Kier molecular flexibility index (Phi) is 4.76. The number of carbonyl (C=O) groups excluding carboxylic acids is 1. The summed E-state index contributed by atoms with van der Waals surface area (Å²) in [5.74, 6) is 0.123. The number of carbonyl (C=O) groups is 1. The Morgan fingerprint density at radius 2 is 2.32 bits per heavy atom. The van der Waals surface area contributed by atoms with Crippen LogP contribution in [0.5, 0.6) is 0 Å². The largest absolute Gasteiger partial charge is 0.320 e. The summed E-state index contributed by atoms with van der Waals surface area (Å²) in [7, 11) is -0.914. The molecular weight excluding hydrogens is 280 g/mol. The van der Waals surface area contributed by atoms with Gasteiger partial charge in [-0.15, -0.1) is 11.3 Å². The number of hydrogen-bond donors (Lipinski definition) is 1. The van der Waals surface area contributed by atoms with Crippen molar-refractivity contribution in [2.24, 2.45) is 0 Å². The molecule has 1 N–H and O–H groups in total. The third-order valence-electron chi connectivity index (χ3n) is 3.49. The van der Waals surface area contributed by atoms with Crippen LogP contribution in [0.15, 0.2) is 17.5 Å². The molecule has 2 rings (SSSR count). The van der Waals surface area contributed by atoms with Gasteiger partial charge in [0.2, 0.25) is 5.91 Å². The first-order valence-corrected chi connectivity index (χ1v) is 8.96. The van der Waals surface area contributed by atoms with Crippen LogP contribution < -0.4 is 5.32 Å². The second kappa shape index (κ2) is 6.15. The Labute approximate surface area is 120 Å². The number of amides is 1. The van der Waals surface area contributed by atoms with Crippen molar-refractivity contribution in [2.75, 3.05) is 12.8 Å². The van der Waals surface area contributed by atoms with Crippen LogP contribution in [-0.4, -0.2) is 39.1 Å². The summed E-state index contributed by atoms with van der Waals surface area (Å²) in [6, 6.07) is 3.91. The third-order valence-corrected chi connectivity index (χ3v) is 5.70. The molecule has 19 heavy (non-hydrogen) atoms. The van der Waals surface area contributed by atoms with Crippen molar-refractivity contribution >= 4 is 28.0 Å². The molecule has 4 atom stereocenters. The number of thiophene rings is 1. The fourth-order valence-electron chi connectivity index (χ4n) is 2.23. The molecule has 1 aromatic rings. The summed E-state index contributed by atoms with van der Waals surface area (Å²) < 4.78 is 11.5. The topological polar surface area (TPSA) is 49.4 Å². The van der Waals surface area contributed by atoms with Crippen LogP contribution in [-0.2, 0) is 15.6 Å². The monoisotopic (exact) mass is 300 g/mol. The molecule has 0 saturated carbocycles. The van der Waals surface area contributed by atoms with Gasteiger partial charge in [0.25, 0.3) is 0 Å². The number of nitrogens with one attached hydrogen (secondary N) is 1. The molecule has 1 amide bonds. The van der Waals surface area contributed by atoms with E-state index in [1.54, 1.807) is 17.6 Å². The highest BCUT2D eigenvalue weighted by atomic mass is 32.2. The predicted octanol–water partition coefficient (Wildman–Crippen LogP) is 1.72.